The van der Waals surface area contributed by atoms with Crippen LogP contribution in [0.4, 0.5) is 5.69 Å². The minimum absolute atomic E-state index is 0.0233. The summed E-state index contributed by atoms with van der Waals surface area (Å²) in [6.07, 6.45) is 1.26. The largest absolute Gasteiger partial charge is 0.348 e. The normalized spacial score (nSPS) is 10.2. The van der Waals surface area contributed by atoms with E-state index in [9.17, 15) is 9.59 Å². The molecule has 1 aromatic carbocycles. The van der Waals surface area contributed by atoms with E-state index in [1.807, 2.05) is 31.2 Å². The Morgan fingerprint density at radius 2 is 2.05 bits per heavy atom. The van der Waals surface area contributed by atoms with Gasteiger partial charge in [0.1, 0.15) is 0 Å². The van der Waals surface area contributed by atoms with E-state index in [2.05, 4.69) is 5.32 Å². The Hall–Kier alpha value is -1.49. The second-order valence-electron chi connectivity index (χ2n) is 4.86. The Balaban J connectivity index is 2.16. The van der Waals surface area contributed by atoms with E-state index < -0.39 is 0 Å². The van der Waals surface area contributed by atoms with Crippen molar-refractivity contribution in [2.75, 3.05) is 30.9 Å². The minimum Gasteiger partial charge on any atom is -0.348 e. The van der Waals surface area contributed by atoms with Gasteiger partial charge in [0.15, 0.2) is 0 Å². The van der Waals surface area contributed by atoms with Crippen molar-refractivity contribution in [1.29, 1.82) is 0 Å². The van der Waals surface area contributed by atoms with Crippen LogP contribution in [0.5, 0.6) is 0 Å². The van der Waals surface area contributed by atoms with Crippen molar-refractivity contribution in [3.8, 4) is 0 Å². The van der Waals surface area contributed by atoms with Crippen molar-refractivity contribution in [2.45, 2.75) is 19.8 Å². The topological polar surface area (TPSA) is 49.4 Å². The van der Waals surface area contributed by atoms with Crippen LogP contribution >= 0.6 is 11.8 Å². The predicted molar refractivity (Wildman–Crippen MR) is 85.1 cm³/mol. The van der Waals surface area contributed by atoms with E-state index in [0.29, 0.717) is 12.2 Å². The summed E-state index contributed by atoms with van der Waals surface area (Å²) in [5.41, 5.74) is 1.96. The van der Waals surface area contributed by atoms with Crippen molar-refractivity contribution < 1.29 is 9.59 Å². The summed E-state index contributed by atoms with van der Waals surface area (Å²) < 4.78 is 0. The number of hydrogen-bond donors (Lipinski definition) is 1. The fourth-order valence-corrected chi connectivity index (χ4v) is 2.50. The zero-order valence-electron chi connectivity index (χ0n) is 12.3. The van der Waals surface area contributed by atoms with Gasteiger partial charge in [0.2, 0.25) is 11.8 Å². The lowest BCUT2D eigenvalue weighted by Crippen LogP contribution is -2.23. The summed E-state index contributed by atoms with van der Waals surface area (Å²) >= 11 is 1.57. The number of amides is 2. The van der Waals surface area contributed by atoms with Gasteiger partial charge in [-0.1, -0.05) is 12.1 Å². The highest BCUT2D eigenvalue weighted by atomic mass is 32.2. The number of nitrogens with one attached hydrogen (secondary N) is 1. The Labute approximate surface area is 124 Å². The SMILES string of the molecule is Cc1cccc(NC(=O)CCCSCC(=O)N(C)C)c1. The fourth-order valence-electron chi connectivity index (χ4n) is 1.57. The lowest BCUT2D eigenvalue weighted by molar-refractivity contribution is -0.125. The summed E-state index contributed by atoms with van der Waals surface area (Å²) in [7, 11) is 3.50. The third kappa shape index (κ3) is 6.61. The molecule has 0 spiro atoms. The Bertz CT molecular complexity index is 461. The monoisotopic (exact) mass is 294 g/mol. The molecule has 0 saturated heterocycles. The Morgan fingerprint density at radius 1 is 1.30 bits per heavy atom. The third-order valence-corrected chi connectivity index (χ3v) is 3.75. The maximum Gasteiger partial charge on any atom is 0.232 e. The molecular weight excluding hydrogens is 272 g/mol. The molecule has 0 saturated carbocycles. The molecule has 2 amide bonds. The number of benzene rings is 1. The quantitative estimate of drug-likeness (QED) is 0.786. The van der Waals surface area contributed by atoms with Crippen LogP contribution in [0.15, 0.2) is 24.3 Å². The molecule has 5 heteroatoms. The average molecular weight is 294 g/mol. The van der Waals surface area contributed by atoms with Crippen LogP contribution in [0.25, 0.3) is 0 Å². The second-order valence-corrected chi connectivity index (χ2v) is 5.97. The van der Waals surface area contributed by atoms with Gasteiger partial charge in [-0.25, -0.2) is 0 Å². The molecule has 0 bridgehead atoms. The molecule has 0 heterocycles. The van der Waals surface area contributed by atoms with Crippen molar-refractivity contribution in [2.24, 2.45) is 0 Å². The first-order valence-corrected chi connectivity index (χ1v) is 7.79. The molecule has 1 rings (SSSR count). The number of anilines is 1. The number of nitrogens with zero attached hydrogens (tertiary/aromatic N) is 1. The first-order valence-electron chi connectivity index (χ1n) is 6.63. The van der Waals surface area contributed by atoms with Gasteiger partial charge >= 0.3 is 0 Å². The van der Waals surface area contributed by atoms with Gasteiger partial charge in [0.25, 0.3) is 0 Å². The summed E-state index contributed by atoms with van der Waals surface area (Å²) in [6, 6.07) is 7.75. The van der Waals surface area contributed by atoms with Crippen molar-refractivity contribution >= 4 is 29.3 Å². The molecule has 1 aromatic rings. The number of thioether (sulfide) groups is 1. The van der Waals surface area contributed by atoms with Crippen molar-refractivity contribution in [3.05, 3.63) is 29.8 Å². The van der Waals surface area contributed by atoms with Gasteiger partial charge in [0.05, 0.1) is 5.75 Å². The van der Waals surface area contributed by atoms with E-state index in [0.717, 1.165) is 23.4 Å². The molecule has 0 aliphatic rings. The van der Waals surface area contributed by atoms with Gasteiger partial charge in [-0.05, 0) is 36.8 Å². The number of carbonyl (C=O) groups is 2. The van der Waals surface area contributed by atoms with E-state index in [1.165, 1.54) is 0 Å². The second kappa shape index (κ2) is 8.64. The number of aryl methyl sites for hydroxylation is 1. The third-order valence-electron chi connectivity index (χ3n) is 2.72. The highest BCUT2D eigenvalue weighted by Crippen LogP contribution is 2.11. The molecule has 0 aliphatic heterocycles. The maximum atomic E-state index is 11.7. The van der Waals surface area contributed by atoms with Gasteiger partial charge in [0, 0.05) is 26.2 Å². The van der Waals surface area contributed by atoms with Crippen LogP contribution in [0, 0.1) is 6.92 Å². The molecule has 20 heavy (non-hydrogen) atoms. The summed E-state index contributed by atoms with van der Waals surface area (Å²) in [5, 5.41) is 2.88. The molecule has 0 radical (unpaired) electrons. The molecule has 0 aliphatic carbocycles. The minimum atomic E-state index is 0.0233. The van der Waals surface area contributed by atoms with Gasteiger partial charge < -0.3 is 10.2 Å². The highest BCUT2D eigenvalue weighted by Gasteiger charge is 2.05. The average Bonchev–Trinajstić information content (AvgIpc) is 2.37. The van der Waals surface area contributed by atoms with E-state index in [-0.39, 0.29) is 11.8 Å². The van der Waals surface area contributed by atoms with Crippen LogP contribution < -0.4 is 5.32 Å². The van der Waals surface area contributed by atoms with E-state index in [4.69, 9.17) is 0 Å². The summed E-state index contributed by atoms with van der Waals surface area (Å²) in [4.78, 5) is 24.7. The smallest absolute Gasteiger partial charge is 0.232 e. The van der Waals surface area contributed by atoms with Crippen LogP contribution in [0.1, 0.15) is 18.4 Å². The zero-order valence-corrected chi connectivity index (χ0v) is 13.1. The predicted octanol–water partition coefficient (Wildman–Crippen LogP) is 2.54. The molecule has 0 unspecified atom stereocenters. The molecule has 0 fully saturated rings. The Kier molecular flexibility index (Phi) is 7.15. The standard InChI is InChI=1S/C15H22N2O2S/c1-12-6-4-7-13(10-12)16-14(18)8-5-9-20-11-15(19)17(2)3/h4,6-7,10H,5,8-9,11H2,1-3H3,(H,16,18). The Morgan fingerprint density at radius 3 is 2.70 bits per heavy atom. The number of rotatable bonds is 7. The summed E-state index contributed by atoms with van der Waals surface area (Å²) in [6.45, 7) is 1.99. The molecule has 0 aromatic heterocycles. The molecule has 0 atom stereocenters. The van der Waals surface area contributed by atoms with Crippen LogP contribution in [-0.4, -0.2) is 42.3 Å². The lowest BCUT2D eigenvalue weighted by atomic mass is 10.2. The first-order chi connectivity index (χ1) is 9.49. The summed E-state index contributed by atoms with van der Waals surface area (Å²) in [5.74, 6) is 1.43. The van der Waals surface area contributed by atoms with Gasteiger partial charge in [-0.3, -0.25) is 9.59 Å². The van der Waals surface area contributed by atoms with Crippen molar-refractivity contribution in [1.82, 2.24) is 4.90 Å². The number of hydrogen-bond acceptors (Lipinski definition) is 3. The van der Waals surface area contributed by atoms with Crippen molar-refractivity contribution in [3.63, 3.8) is 0 Å². The van der Waals surface area contributed by atoms with Gasteiger partial charge in [-0.15, -0.1) is 0 Å². The molecule has 110 valence electrons. The van der Waals surface area contributed by atoms with Crippen LogP contribution in [0.2, 0.25) is 0 Å². The highest BCUT2D eigenvalue weighted by molar-refractivity contribution is 7.99. The molecule has 1 N–H and O–H groups in total. The maximum absolute atomic E-state index is 11.7. The van der Waals surface area contributed by atoms with E-state index >= 15 is 0 Å². The fraction of sp³-hybridized carbons (Fsp3) is 0.467. The van der Waals surface area contributed by atoms with Crippen LogP contribution in [-0.2, 0) is 9.59 Å². The number of carbonyl (C=O) groups excluding carboxylic acids is 2. The first kappa shape index (κ1) is 16.6. The van der Waals surface area contributed by atoms with E-state index in [1.54, 1.807) is 30.8 Å². The lowest BCUT2D eigenvalue weighted by Gasteiger charge is -2.09. The van der Waals surface area contributed by atoms with Crippen LogP contribution in [0.3, 0.4) is 0 Å². The zero-order chi connectivity index (χ0) is 15.0. The molecule has 4 nitrogen and oxygen atoms in total. The molecular formula is C15H22N2O2S. The van der Waals surface area contributed by atoms with Gasteiger partial charge in [-0.2, -0.15) is 11.8 Å².